The average Bonchev–Trinajstić information content (AvgIpc) is 2.92. The van der Waals surface area contributed by atoms with Crippen LogP contribution in [0.25, 0.3) is 10.9 Å². The number of hydrogen-bond donors (Lipinski definition) is 2. The molecule has 0 radical (unpaired) electrons. The molecule has 0 unspecified atom stereocenters. The largest absolute Gasteiger partial charge is 0.493 e. The smallest absolute Gasteiger partial charge is 0.269 e. The second-order valence-electron chi connectivity index (χ2n) is 7.65. The SMILES string of the molecule is COc1cc2nc(SCC(=O)NNC(=O)c3ccccc3)n(Cc3ccccc3)c(=O)c2cc1OC. The molecule has 0 spiro atoms. The normalized spacial score (nSPS) is 10.6. The van der Waals surface area contributed by atoms with E-state index < -0.39 is 11.8 Å². The number of methoxy groups -OCH3 is 2. The molecule has 1 heterocycles. The van der Waals surface area contributed by atoms with E-state index in [9.17, 15) is 14.4 Å². The molecule has 0 atom stereocenters. The molecular formula is C26H24N4O5S. The number of hydrogen-bond acceptors (Lipinski definition) is 7. The summed E-state index contributed by atoms with van der Waals surface area (Å²) in [7, 11) is 3.00. The lowest BCUT2D eigenvalue weighted by molar-refractivity contribution is -0.119. The van der Waals surface area contributed by atoms with Gasteiger partial charge in [-0.3, -0.25) is 29.8 Å². The maximum Gasteiger partial charge on any atom is 0.269 e. The van der Waals surface area contributed by atoms with Gasteiger partial charge >= 0.3 is 0 Å². The molecule has 0 saturated carbocycles. The lowest BCUT2D eigenvalue weighted by Gasteiger charge is -2.15. The molecule has 0 aliphatic rings. The van der Waals surface area contributed by atoms with Crippen molar-refractivity contribution in [1.29, 1.82) is 0 Å². The van der Waals surface area contributed by atoms with Gasteiger partial charge in [-0.15, -0.1) is 0 Å². The first-order valence-corrected chi connectivity index (χ1v) is 12.0. The van der Waals surface area contributed by atoms with Gasteiger partial charge in [0, 0.05) is 11.6 Å². The molecule has 3 aromatic carbocycles. The Bertz CT molecular complexity index is 1440. The third-order valence-electron chi connectivity index (χ3n) is 5.29. The molecule has 0 aliphatic carbocycles. The van der Waals surface area contributed by atoms with Crippen molar-refractivity contribution in [2.24, 2.45) is 0 Å². The molecule has 0 aliphatic heterocycles. The molecule has 4 aromatic rings. The molecule has 36 heavy (non-hydrogen) atoms. The molecule has 0 saturated heterocycles. The quantitative estimate of drug-likeness (QED) is 0.216. The number of carbonyl (C=O) groups excluding carboxylic acids is 2. The first-order valence-electron chi connectivity index (χ1n) is 11.0. The van der Waals surface area contributed by atoms with Crippen molar-refractivity contribution >= 4 is 34.5 Å². The fourth-order valence-electron chi connectivity index (χ4n) is 3.50. The zero-order valence-electron chi connectivity index (χ0n) is 19.7. The number of benzene rings is 3. The Labute approximate surface area is 211 Å². The van der Waals surface area contributed by atoms with Gasteiger partial charge in [0.1, 0.15) is 0 Å². The molecular weight excluding hydrogens is 480 g/mol. The topological polar surface area (TPSA) is 112 Å². The number of aromatic nitrogens is 2. The third-order valence-corrected chi connectivity index (χ3v) is 6.27. The molecule has 184 valence electrons. The van der Waals surface area contributed by atoms with E-state index in [1.165, 1.54) is 18.8 Å². The summed E-state index contributed by atoms with van der Waals surface area (Å²) in [6.45, 7) is 0.269. The van der Waals surface area contributed by atoms with Gasteiger partial charge in [-0.2, -0.15) is 0 Å². The number of hydrazine groups is 1. The van der Waals surface area contributed by atoms with Crippen LogP contribution in [0.1, 0.15) is 15.9 Å². The van der Waals surface area contributed by atoms with Crippen LogP contribution in [-0.2, 0) is 11.3 Å². The van der Waals surface area contributed by atoms with Crippen LogP contribution >= 0.6 is 11.8 Å². The number of nitrogens with zero attached hydrogens (tertiary/aromatic N) is 2. The van der Waals surface area contributed by atoms with Gasteiger partial charge in [-0.25, -0.2) is 4.98 Å². The highest BCUT2D eigenvalue weighted by molar-refractivity contribution is 7.99. The van der Waals surface area contributed by atoms with Crippen LogP contribution in [0, 0.1) is 0 Å². The van der Waals surface area contributed by atoms with E-state index in [4.69, 9.17) is 9.47 Å². The molecule has 0 bridgehead atoms. The standard InChI is InChI=1S/C26H24N4O5S/c1-34-21-13-19-20(14-22(21)35-2)27-26(30(25(19)33)15-17-9-5-3-6-10-17)36-16-23(31)28-29-24(32)18-11-7-4-8-12-18/h3-14H,15-16H2,1-2H3,(H,28,31)(H,29,32). The zero-order chi connectivity index (χ0) is 25.5. The fraction of sp³-hybridized carbons (Fsp3) is 0.154. The summed E-state index contributed by atoms with van der Waals surface area (Å²) in [6, 6.07) is 21.3. The van der Waals surface area contributed by atoms with Gasteiger partial charge in [-0.1, -0.05) is 60.3 Å². The number of carbonyl (C=O) groups is 2. The summed E-state index contributed by atoms with van der Waals surface area (Å²) in [5, 5.41) is 0.723. The molecule has 9 nitrogen and oxygen atoms in total. The first-order chi connectivity index (χ1) is 17.5. The van der Waals surface area contributed by atoms with Crippen molar-refractivity contribution in [3.8, 4) is 11.5 Å². The molecule has 2 N–H and O–H groups in total. The molecule has 4 rings (SSSR count). The monoisotopic (exact) mass is 504 g/mol. The van der Waals surface area contributed by atoms with Crippen molar-refractivity contribution in [1.82, 2.24) is 20.4 Å². The highest BCUT2D eigenvalue weighted by Crippen LogP contribution is 2.31. The number of rotatable bonds is 8. The zero-order valence-corrected chi connectivity index (χ0v) is 20.5. The van der Waals surface area contributed by atoms with Gasteiger partial charge in [0.25, 0.3) is 11.5 Å². The van der Waals surface area contributed by atoms with Crippen LogP contribution in [0.4, 0.5) is 0 Å². The summed E-state index contributed by atoms with van der Waals surface area (Å²) < 4.78 is 12.2. The summed E-state index contributed by atoms with van der Waals surface area (Å²) in [4.78, 5) is 42.8. The maximum atomic E-state index is 13.5. The number of fused-ring (bicyclic) bond motifs is 1. The fourth-order valence-corrected chi connectivity index (χ4v) is 4.30. The van der Waals surface area contributed by atoms with E-state index in [1.807, 2.05) is 30.3 Å². The predicted octanol–water partition coefficient (Wildman–Crippen LogP) is 3.02. The van der Waals surface area contributed by atoms with Crippen molar-refractivity contribution in [2.45, 2.75) is 11.7 Å². The van der Waals surface area contributed by atoms with Gasteiger partial charge < -0.3 is 9.47 Å². The molecule has 10 heteroatoms. The van der Waals surface area contributed by atoms with E-state index in [0.717, 1.165) is 17.3 Å². The Hall–Kier alpha value is -4.31. The molecule has 1 aromatic heterocycles. The van der Waals surface area contributed by atoms with Crippen LogP contribution in [0.5, 0.6) is 11.5 Å². The number of amides is 2. The summed E-state index contributed by atoms with van der Waals surface area (Å²) >= 11 is 1.09. The molecule has 0 fully saturated rings. The predicted molar refractivity (Wildman–Crippen MR) is 137 cm³/mol. The number of ether oxygens (including phenoxy) is 2. The minimum absolute atomic E-state index is 0.0743. The van der Waals surface area contributed by atoms with Crippen LogP contribution in [0.3, 0.4) is 0 Å². The van der Waals surface area contributed by atoms with Crippen molar-refractivity contribution in [2.75, 3.05) is 20.0 Å². The highest BCUT2D eigenvalue weighted by Gasteiger charge is 2.17. The second kappa shape index (κ2) is 11.4. The maximum absolute atomic E-state index is 13.5. The van der Waals surface area contributed by atoms with Crippen molar-refractivity contribution < 1.29 is 19.1 Å². The van der Waals surface area contributed by atoms with E-state index in [0.29, 0.717) is 33.1 Å². The lowest BCUT2D eigenvalue weighted by Crippen LogP contribution is -2.42. The first kappa shape index (κ1) is 24.8. The third kappa shape index (κ3) is 5.66. The van der Waals surface area contributed by atoms with Crippen molar-refractivity contribution in [3.05, 3.63) is 94.3 Å². The second-order valence-corrected chi connectivity index (χ2v) is 8.60. The summed E-state index contributed by atoms with van der Waals surface area (Å²) in [5.74, 6) is -0.0918. The van der Waals surface area contributed by atoms with E-state index in [-0.39, 0.29) is 17.9 Å². The number of nitrogens with one attached hydrogen (secondary N) is 2. The van der Waals surface area contributed by atoms with E-state index >= 15 is 0 Å². The van der Waals surface area contributed by atoms with Gasteiger partial charge in [0.05, 0.1) is 37.4 Å². The summed E-state index contributed by atoms with van der Waals surface area (Å²) in [5.41, 5.74) is 6.25. The Balaban J connectivity index is 1.59. The Kier molecular flexibility index (Phi) is 7.86. The minimum atomic E-state index is -0.447. The van der Waals surface area contributed by atoms with Gasteiger partial charge in [-0.05, 0) is 23.8 Å². The van der Waals surface area contributed by atoms with Crippen molar-refractivity contribution in [3.63, 3.8) is 0 Å². The Morgan fingerprint density at radius 2 is 1.56 bits per heavy atom. The van der Waals surface area contributed by atoms with Crippen LogP contribution in [-0.4, -0.2) is 41.3 Å². The minimum Gasteiger partial charge on any atom is -0.493 e. The van der Waals surface area contributed by atoms with E-state index in [2.05, 4.69) is 15.8 Å². The average molecular weight is 505 g/mol. The van der Waals surface area contributed by atoms with Gasteiger partial charge in [0.2, 0.25) is 5.91 Å². The van der Waals surface area contributed by atoms with Crippen LogP contribution < -0.4 is 25.9 Å². The Morgan fingerprint density at radius 1 is 0.917 bits per heavy atom. The van der Waals surface area contributed by atoms with Gasteiger partial charge in [0.15, 0.2) is 16.7 Å². The number of thioether (sulfide) groups is 1. The Morgan fingerprint density at radius 3 is 2.22 bits per heavy atom. The van der Waals surface area contributed by atoms with Crippen LogP contribution in [0.2, 0.25) is 0 Å². The van der Waals surface area contributed by atoms with E-state index in [1.54, 1.807) is 42.5 Å². The van der Waals surface area contributed by atoms with Crippen LogP contribution in [0.15, 0.2) is 82.7 Å². The lowest BCUT2D eigenvalue weighted by atomic mass is 10.2. The summed E-state index contributed by atoms with van der Waals surface area (Å²) in [6.07, 6.45) is 0. The highest BCUT2D eigenvalue weighted by atomic mass is 32.2. The molecule has 2 amide bonds.